The molecular weight excluding hydrogens is 380 g/mol. The summed E-state index contributed by atoms with van der Waals surface area (Å²) in [5.41, 5.74) is 2.34. The maximum Gasteiger partial charge on any atom is 0.261 e. The summed E-state index contributed by atoms with van der Waals surface area (Å²) in [5, 5.41) is 4.02. The molecule has 1 aliphatic heterocycles. The van der Waals surface area contributed by atoms with Crippen molar-refractivity contribution >= 4 is 11.0 Å². The lowest BCUT2D eigenvalue weighted by Crippen LogP contribution is -2.49. The molecular formula is C23H28N4O3. The van der Waals surface area contributed by atoms with E-state index in [4.69, 9.17) is 9.15 Å². The van der Waals surface area contributed by atoms with Crippen LogP contribution in [-0.4, -0.2) is 46.7 Å². The van der Waals surface area contributed by atoms with Crippen molar-refractivity contribution in [2.75, 3.05) is 26.2 Å². The Balaban J connectivity index is 1.55. The van der Waals surface area contributed by atoms with Gasteiger partial charge in [-0.05, 0) is 37.8 Å². The van der Waals surface area contributed by atoms with Gasteiger partial charge in [-0.3, -0.25) is 14.7 Å². The van der Waals surface area contributed by atoms with Crippen LogP contribution in [0.5, 0.6) is 5.75 Å². The zero-order valence-corrected chi connectivity index (χ0v) is 17.6. The van der Waals surface area contributed by atoms with Crippen molar-refractivity contribution in [2.24, 2.45) is 13.0 Å². The summed E-state index contributed by atoms with van der Waals surface area (Å²) in [5.74, 6) is 2.20. The van der Waals surface area contributed by atoms with Crippen LogP contribution in [0.3, 0.4) is 0 Å². The standard InChI is InChI=1S/C23H28N4O3/c1-15-10-25-7-8-27(15)12-17-9-19-22(30-17)20(13-26(2)23(19)28)18-5-6-24-11-21(18)29-14-16-3-4-16/h5-6,9,11,13,15-16,25H,3-4,7-8,10,12,14H2,1-2H3/t15-/m1/s1. The van der Waals surface area contributed by atoms with E-state index in [1.807, 2.05) is 18.3 Å². The molecule has 2 aliphatic rings. The van der Waals surface area contributed by atoms with Gasteiger partial charge >= 0.3 is 0 Å². The fraction of sp³-hybridized carbons (Fsp3) is 0.478. The minimum Gasteiger partial charge on any atom is -0.491 e. The van der Waals surface area contributed by atoms with E-state index in [9.17, 15) is 4.79 Å². The first-order chi connectivity index (χ1) is 14.6. The molecule has 1 saturated heterocycles. The maximum atomic E-state index is 12.8. The molecule has 0 radical (unpaired) electrons. The Hall–Kier alpha value is -2.64. The quantitative estimate of drug-likeness (QED) is 0.676. The second kappa shape index (κ2) is 7.89. The van der Waals surface area contributed by atoms with E-state index in [1.54, 1.807) is 24.0 Å². The number of aryl methyl sites for hydroxylation is 1. The second-order valence-electron chi connectivity index (χ2n) is 8.56. The topological polar surface area (TPSA) is 72.5 Å². The summed E-state index contributed by atoms with van der Waals surface area (Å²) in [6, 6.07) is 4.26. The fourth-order valence-electron chi connectivity index (χ4n) is 4.10. The maximum absolute atomic E-state index is 12.8. The lowest BCUT2D eigenvalue weighted by molar-refractivity contribution is 0.155. The summed E-state index contributed by atoms with van der Waals surface area (Å²) in [7, 11) is 1.78. The molecule has 1 saturated carbocycles. The van der Waals surface area contributed by atoms with Gasteiger partial charge in [0.25, 0.3) is 5.56 Å². The van der Waals surface area contributed by atoms with Gasteiger partial charge in [0.1, 0.15) is 17.1 Å². The summed E-state index contributed by atoms with van der Waals surface area (Å²) in [6.07, 6.45) is 7.80. The van der Waals surface area contributed by atoms with Crippen LogP contribution in [0.2, 0.25) is 0 Å². The Morgan fingerprint density at radius 3 is 3.00 bits per heavy atom. The van der Waals surface area contributed by atoms with Crippen LogP contribution < -0.4 is 15.6 Å². The highest BCUT2D eigenvalue weighted by atomic mass is 16.5. The smallest absolute Gasteiger partial charge is 0.261 e. The minimum atomic E-state index is -0.0494. The van der Waals surface area contributed by atoms with E-state index in [-0.39, 0.29) is 5.56 Å². The number of furan rings is 1. The van der Waals surface area contributed by atoms with Crippen LogP contribution >= 0.6 is 0 Å². The molecule has 1 aliphatic carbocycles. The molecule has 1 atom stereocenters. The van der Waals surface area contributed by atoms with Crippen LogP contribution in [0.25, 0.3) is 22.1 Å². The molecule has 7 nitrogen and oxygen atoms in total. The van der Waals surface area contributed by atoms with Gasteiger partial charge in [-0.15, -0.1) is 0 Å². The molecule has 1 N–H and O–H groups in total. The average molecular weight is 409 g/mol. The van der Waals surface area contributed by atoms with E-state index in [0.717, 1.165) is 42.3 Å². The molecule has 3 aromatic heterocycles. The number of aromatic nitrogens is 2. The molecule has 0 unspecified atom stereocenters. The van der Waals surface area contributed by atoms with Crippen molar-refractivity contribution in [3.05, 3.63) is 46.8 Å². The van der Waals surface area contributed by atoms with E-state index < -0.39 is 0 Å². The van der Waals surface area contributed by atoms with Gasteiger partial charge in [0.15, 0.2) is 0 Å². The lowest BCUT2D eigenvalue weighted by atomic mass is 10.1. The molecule has 0 spiro atoms. The third-order valence-corrected chi connectivity index (χ3v) is 6.15. The number of piperazine rings is 1. The molecule has 7 heteroatoms. The van der Waals surface area contributed by atoms with Crippen LogP contribution in [0, 0.1) is 5.92 Å². The highest BCUT2D eigenvalue weighted by Crippen LogP contribution is 2.36. The van der Waals surface area contributed by atoms with E-state index >= 15 is 0 Å². The Kier molecular flexibility index (Phi) is 5.08. The van der Waals surface area contributed by atoms with Gasteiger partial charge in [-0.1, -0.05) is 0 Å². The van der Waals surface area contributed by atoms with Crippen molar-refractivity contribution in [2.45, 2.75) is 32.4 Å². The monoisotopic (exact) mass is 408 g/mol. The Morgan fingerprint density at radius 2 is 2.20 bits per heavy atom. The molecule has 5 rings (SSSR count). The predicted octanol–water partition coefficient (Wildman–Crippen LogP) is 2.78. The van der Waals surface area contributed by atoms with Crippen molar-refractivity contribution in [1.29, 1.82) is 0 Å². The zero-order chi connectivity index (χ0) is 20.7. The van der Waals surface area contributed by atoms with Crippen molar-refractivity contribution < 1.29 is 9.15 Å². The van der Waals surface area contributed by atoms with Crippen LogP contribution in [-0.2, 0) is 13.6 Å². The molecule has 158 valence electrons. The van der Waals surface area contributed by atoms with Crippen LogP contribution in [0.4, 0.5) is 0 Å². The first kappa shape index (κ1) is 19.3. The lowest BCUT2D eigenvalue weighted by Gasteiger charge is -2.33. The molecule has 0 amide bonds. The number of hydrogen-bond donors (Lipinski definition) is 1. The number of pyridine rings is 2. The predicted molar refractivity (Wildman–Crippen MR) is 116 cm³/mol. The summed E-state index contributed by atoms with van der Waals surface area (Å²) < 4.78 is 14.0. The normalized spacial score (nSPS) is 20.0. The third kappa shape index (κ3) is 3.75. The van der Waals surface area contributed by atoms with Gasteiger partial charge in [-0.25, -0.2) is 0 Å². The van der Waals surface area contributed by atoms with Gasteiger partial charge in [0, 0.05) is 56.2 Å². The van der Waals surface area contributed by atoms with E-state index in [1.165, 1.54) is 12.8 Å². The summed E-state index contributed by atoms with van der Waals surface area (Å²) in [4.78, 5) is 19.5. The number of nitrogens with zero attached hydrogens (tertiary/aromatic N) is 3. The van der Waals surface area contributed by atoms with Crippen molar-refractivity contribution in [1.82, 2.24) is 19.8 Å². The van der Waals surface area contributed by atoms with E-state index in [2.05, 4.69) is 22.1 Å². The van der Waals surface area contributed by atoms with Crippen LogP contribution in [0.15, 0.2) is 39.9 Å². The number of hydrogen-bond acceptors (Lipinski definition) is 6. The Morgan fingerprint density at radius 1 is 1.33 bits per heavy atom. The second-order valence-corrected chi connectivity index (χ2v) is 8.56. The first-order valence-electron chi connectivity index (χ1n) is 10.7. The highest BCUT2D eigenvalue weighted by Gasteiger charge is 2.24. The number of nitrogens with one attached hydrogen (secondary N) is 1. The summed E-state index contributed by atoms with van der Waals surface area (Å²) >= 11 is 0. The van der Waals surface area contributed by atoms with E-state index in [0.29, 0.717) is 36.1 Å². The van der Waals surface area contributed by atoms with Gasteiger partial charge in [-0.2, -0.15) is 0 Å². The molecule has 0 bridgehead atoms. The number of fused-ring (bicyclic) bond motifs is 1. The fourth-order valence-corrected chi connectivity index (χ4v) is 4.10. The minimum absolute atomic E-state index is 0.0494. The number of ether oxygens (including phenoxy) is 1. The van der Waals surface area contributed by atoms with Crippen molar-refractivity contribution in [3.63, 3.8) is 0 Å². The Bertz CT molecular complexity index is 1120. The number of rotatable bonds is 6. The molecule has 30 heavy (non-hydrogen) atoms. The molecule has 4 heterocycles. The zero-order valence-electron chi connectivity index (χ0n) is 17.6. The third-order valence-electron chi connectivity index (χ3n) is 6.15. The van der Waals surface area contributed by atoms with Gasteiger partial charge in [0.2, 0.25) is 0 Å². The highest BCUT2D eigenvalue weighted by molar-refractivity contribution is 5.93. The average Bonchev–Trinajstić information content (AvgIpc) is 3.49. The van der Waals surface area contributed by atoms with Crippen molar-refractivity contribution in [3.8, 4) is 16.9 Å². The molecule has 3 aromatic rings. The largest absolute Gasteiger partial charge is 0.491 e. The van der Waals surface area contributed by atoms with Gasteiger partial charge in [0.05, 0.1) is 24.7 Å². The Labute approximate surface area is 175 Å². The summed E-state index contributed by atoms with van der Waals surface area (Å²) in [6.45, 7) is 6.51. The first-order valence-corrected chi connectivity index (χ1v) is 10.7. The SMILES string of the molecule is C[C@@H]1CNCCN1Cc1cc2c(=O)n(C)cc(-c3ccncc3OCC3CC3)c2o1. The van der Waals surface area contributed by atoms with Crippen LogP contribution in [0.1, 0.15) is 25.5 Å². The molecule has 0 aromatic carbocycles. The van der Waals surface area contributed by atoms with Gasteiger partial charge < -0.3 is 19.0 Å². The molecule has 2 fully saturated rings.